The van der Waals surface area contributed by atoms with Crippen molar-refractivity contribution in [1.82, 2.24) is 9.80 Å². The van der Waals surface area contributed by atoms with Crippen molar-refractivity contribution < 1.29 is 14.3 Å². The van der Waals surface area contributed by atoms with E-state index in [-0.39, 0.29) is 24.8 Å². The van der Waals surface area contributed by atoms with Gasteiger partial charge in [-0.15, -0.1) is 0 Å². The van der Waals surface area contributed by atoms with Crippen molar-refractivity contribution >= 4 is 27.8 Å². The summed E-state index contributed by atoms with van der Waals surface area (Å²) in [5.74, 6) is -0.256. The molecule has 0 heterocycles. The van der Waals surface area contributed by atoms with Crippen molar-refractivity contribution in [3.8, 4) is 0 Å². The Kier molecular flexibility index (Phi) is 7.39. The third kappa shape index (κ3) is 6.27. The van der Waals surface area contributed by atoms with E-state index in [4.69, 9.17) is 0 Å². The number of carbonyl (C=O) groups excluding carboxylic acids is 2. The standard InChI is InChI=1S/C15H21BrN2O3/c1-17(9-8-15(20)21-3)11-14(19)18(2)10-12-6-4-5-7-13(12)16/h4-7H,8-11H2,1-3H3. The van der Waals surface area contributed by atoms with Gasteiger partial charge in [-0.05, 0) is 18.7 Å². The maximum atomic E-state index is 12.1. The highest BCUT2D eigenvalue weighted by Gasteiger charge is 2.14. The lowest BCUT2D eigenvalue weighted by atomic mass is 10.2. The molecule has 0 aliphatic heterocycles. The summed E-state index contributed by atoms with van der Waals surface area (Å²) in [6, 6.07) is 7.82. The van der Waals surface area contributed by atoms with Crippen LogP contribution in [-0.4, -0.2) is 56.0 Å². The monoisotopic (exact) mass is 356 g/mol. The van der Waals surface area contributed by atoms with Crippen LogP contribution in [0, 0.1) is 0 Å². The molecule has 116 valence electrons. The molecule has 1 aromatic rings. The lowest BCUT2D eigenvalue weighted by Gasteiger charge is -2.22. The number of hydrogen-bond acceptors (Lipinski definition) is 4. The number of esters is 1. The molecular weight excluding hydrogens is 336 g/mol. The van der Waals surface area contributed by atoms with Gasteiger partial charge in [-0.3, -0.25) is 14.5 Å². The topological polar surface area (TPSA) is 49.9 Å². The summed E-state index contributed by atoms with van der Waals surface area (Å²) in [6.45, 7) is 1.32. The Morgan fingerprint density at radius 3 is 2.52 bits per heavy atom. The molecule has 0 radical (unpaired) electrons. The fraction of sp³-hybridized carbons (Fsp3) is 0.467. The SMILES string of the molecule is COC(=O)CCN(C)CC(=O)N(C)Cc1ccccc1Br. The van der Waals surface area contributed by atoms with Gasteiger partial charge in [-0.25, -0.2) is 0 Å². The van der Waals surface area contributed by atoms with E-state index in [1.807, 2.05) is 36.2 Å². The predicted molar refractivity (Wildman–Crippen MR) is 84.7 cm³/mol. The summed E-state index contributed by atoms with van der Waals surface area (Å²) in [4.78, 5) is 26.7. The number of methoxy groups -OCH3 is 1. The third-order valence-corrected chi connectivity index (χ3v) is 3.90. The van der Waals surface area contributed by atoms with Crippen LogP contribution in [0.3, 0.4) is 0 Å². The smallest absolute Gasteiger partial charge is 0.306 e. The zero-order valence-corrected chi connectivity index (χ0v) is 14.2. The van der Waals surface area contributed by atoms with E-state index in [9.17, 15) is 9.59 Å². The Labute approximate surface area is 134 Å². The molecule has 0 aliphatic carbocycles. The molecule has 0 aliphatic rings. The van der Waals surface area contributed by atoms with Gasteiger partial charge >= 0.3 is 5.97 Å². The molecule has 0 saturated heterocycles. The normalized spacial score (nSPS) is 10.5. The van der Waals surface area contributed by atoms with E-state index in [2.05, 4.69) is 20.7 Å². The van der Waals surface area contributed by atoms with E-state index in [0.29, 0.717) is 13.1 Å². The van der Waals surface area contributed by atoms with Crippen LogP contribution in [0.2, 0.25) is 0 Å². The van der Waals surface area contributed by atoms with Gasteiger partial charge in [0.1, 0.15) is 0 Å². The van der Waals surface area contributed by atoms with Crippen LogP contribution >= 0.6 is 15.9 Å². The first-order valence-electron chi connectivity index (χ1n) is 6.66. The Morgan fingerprint density at radius 1 is 1.24 bits per heavy atom. The van der Waals surface area contributed by atoms with E-state index in [1.54, 1.807) is 11.9 Å². The lowest BCUT2D eigenvalue weighted by molar-refractivity contribution is -0.141. The van der Waals surface area contributed by atoms with Crippen LogP contribution in [0.4, 0.5) is 0 Å². The van der Waals surface area contributed by atoms with Gasteiger partial charge in [0.2, 0.25) is 5.91 Å². The number of hydrogen-bond donors (Lipinski definition) is 0. The molecule has 0 unspecified atom stereocenters. The number of likely N-dealkylation sites (N-methyl/N-ethyl adjacent to an activating group) is 2. The molecule has 0 aromatic heterocycles. The Hall–Kier alpha value is -1.40. The van der Waals surface area contributed by atoms with Crippen molar-refractivity contribution in [2.75, 3.05) is 34.3 Å². The zero-order chi connectivity index (χ0) is 15.8. The predicted octanol–water partition coefficient (Wildman–Crippen LogP) is 1.90. The first-order valence-corrected chi connectivity index (χ1v) is 7.46. The molecule has 0 atom stereocenters. The molecular formula is C15H21BrN2O3. The minimum absolute atomic E-state index is 0.0121. The highest BCUT2D eigenvalue weighted by Crippen LogP contribution is 2.17. The number of nitrogens with zero attached hydrogens (tertiary/aromatic N) is 2. The fourth-order valence-corrected chi connectivity index (χ4v) is 2.20. The molecule has 0 spiro atoms. The van der Waals surface area contributed by atoms with Gasteiger partial charge in [-0.2, -0.15) is 0 Å². The zero-order valence-electron chi connectivity index (χ0n) is 12.6. The van der Waals surface area contributed by atoms with Gasteiger partial charge in [0, 0.05) is 24.6 Å². The van der Waals surface area contributed by atoms with Crippen LogP contribution in [0.1, 0.15) is 12.0 Å². The molecule has 1 aromatic carbocycles. The summed E-state index contributed by atoms with van der Waals surface area (Å²) in [6.07, 6.45) is 0.286. The molecule has 6 heteroatoms. The molecule has 0 N–H and O–H groups in total. The Morgan fingerprint density at radius 2 is 1.90 bits per heavy atom. The number of ether oxygens (including phenoxy) is 1. The van der Waals surface area contributed by atoms with E-state index >= 15 is 0 Å². The number of rotatable bonds is 7. The minimum Gasteiger partial charge on any atom is -0.469 e. The second-order valence-electron chi connectivity index (χ2n) is 4.91. The van der Waals surface area contributed by atoms with Crippen LogP contribution in [0.25, 0.3) is 0 Å². The Balaban J connectivity index is 2.44. The summed E-state index contributed by atoms with van der Waals surface area (Å²) in [5, 5.41) is 0. The van der Waals surface area contributed by atoms with Crippen molar-refractivity contribution in [2.24, 2.45) is 0 Å². The Bertz CT molecular complexity index is 494. The fourth-order valence-electron chi connectivity index (χ4n) is 1.79. The minimum atomic E-state index is -0.268. The van der Waals surface area contributed by atoms with Crippen LogP contribution in [-0.2, 0) is 20.9 Å². The number of carbonyl (C=O) groups is 2. The van der Waals surface area contributed by atoms with Crippen molar-refractivity contribution in [2.45, 2.75) is 13.0 Å². The van der Waals surface area contributed by atoms with E-state index in [1.165, 1.54) is 7.11 Å². The molecule has 1 rings (SSSR count). The third-order valence-electron chi connectivity index (χ3n) is 3.12. The summed E-state index contributed by atoms with van der Waals surface area (Å²) in [7, 11) is 4.95. The summed E-state index contributed by atoms with van der Waals surface area (Å²) >= 11 is 3.47. The summed E-state index contributed by atoms with van der Waals surface area (Å²) < 4.78 is 5.57. The van der Waals surface area contributed by atoms with Crippen LogP contribution in [0.15, 0.2) is 28.7 Å². The second kappa shape index (κ2) is 8.79. The van der Waals surface area contributed by atoms with Crippen molar-refractivity contribution in [3.63, 3.8) is 0 Å². The van der Waals surface area contributed by atoms with Gasteiger partial charge in [0.05, 0.1) is 20.1 Å². The number of halogens is 1. The molecule has 0 bridgehead atoms. The first-order chi connectivity index (χ1) is 9.93. The van der Waals surface area contributed by atoms with Crippen molar-refractivity contribution in [1.29, 1.82) is 0 Å². The van der Waals surface area contributed by atoms with Gasteiger partial charge in [0.25, 0.3) is 0 Å². The lowest BCUT2D eigenvalue weighted by Crippen LogP contribution is -2.37. The average molecular weight is 357 g/mol. The molecule has 5 nitrogen and oxygen atoms in total. The number of amides is 1. The van der Waals surface area contributed by atoms with Gasteiger partial charge in [0.15, 0.2) is 0 Å². The second-order valence-corrected chi connectivity index (χ2v) is 5.76. The van der Waals surface area contributed by atoms with E-state index in [0.717, 1.165) is 10.0 Å². The van der Waals surface area contributed by atoms with Gasteiger partial charge in [-0.1, -0.05) is 34.1 Å². The highest BCUT2D eigenvalue weighted by atomic mass is 79.9. The highest BCUT2D eigenvalue weighted by molar-refractivity contribution is 9.10. The maximum Gasteiger partial charge on any atom is 0.306 e. The quantitative estimate of drug-likeness (QED) is 0.700. The molecule has 1 amide bonds. The van der Waals surface area contributed by atoms with Crippen LogP contribution < -0.4 is 0 Å². The largest absolute Gasteiger partial charge is 0.469 e. The first kappa shape index (κ1) is 17.7. The van der Waals surface area contributed by atoms with Crippen LogP contribution in [0.5, 0.6) is 0 Å². The average Bonchev–Trinajstić information content (AvgIpc) is 2.46. The summed E-state index contributed by atoms with van der Waals surface area (Å²) in [5.41, 5.74) is 1.06. The van der Waals surface area contributed by atoms with E-state index < -0.39 is 0 Å². The molecule has 0 fully saturated rings. The number of benzene rings is 1. The molecule has 21 heavy (non-hydrogen) atoms. The van der Waals surface area contributed by atoms with Crippen molar-refractivity contribution in [3.05, 3.63) is 34.3 Å². The molecule has 0 saturated carbocycles. The maximum absolute atomic E-state index is 12.1. The van der Waals surface area contributed by atoms with Gasteiger partial charge < -0.3 is 9.64 Å².